The molecule has 0 heterocycles. The Kier molecular flexibility index (Phi) is 3.49. The van der Waals surface area contributed by atoms with E-state index >= 15 is 0 Å². The molecule has 0 aliphatic rings. The zero-order valence-corrected chi connectivity index (χ0v) is 10.3. The number of hydrogen-bond acceptors (Lipinski definition) is 3. The van der Waals surface area contributed by atoms with Gasteiger partial charge in [-0.1, -0.05) is 71.2 Å². The summed E-state index contributed by atoms with van der Waals surface area (Å²) < 4.78 is 0. The Balaban J connectivity index is 2.48. The zero-order chi connectivity index (χ0) is 12.3. The Morgan fingerprint density at radius 1 is 0.647 bits per heavy atom. The molecular formula is C13H17N3S. The molecule has 2 aromatic carbocycles. The van der Waals surface area contributed by atoms with Gasteiger partial charge >= 0.3 is 0 Å². The summed E-state index contributed by atoms with van der Waals surface area (Å²) in [5, 5.41) is 17.8. The summed E-state index contributed by atoms with van der Waals surface area (Å²) in [7, 11) is -2.17. The summed E-state index contributed by atoms with van der Waals surface area (Å²) in [4.78, 5) is 0. The van der Waals surface area contributed by atoms with Crippen molar-refractivity contribution in [2.45, 2.75) is 5.25 Å². The Morgan fingerprint density at radius 2 is 1.00 bits per heavy atom. The van der Waals surface area contributed by atoms with Crippen LogP contribution in [-0.2, 0) is 0 Å². The molecular weight excluding hydrogens is 230 g/mol. The Labute approximate surface area is 103 Å². The molecule has 0 amide bonds. The molecule has 0 aromatic heterocycles. The second kappa shape index (κ2) is 4.89. The first-order chi connectivity index (χ1) is 8.09. The second-order valence-electron chi connectivity index (χ2n) is 4.02. The summed E-state index contributed by atoms with van der Waals surface area (Å²) >= 11 is 0. The molecule has 0 radical (unpaired) electrons. The quantitative estimate of drug-likeness (QED) is 0.778. The highest BCUT2D eigenvalue weighted by atomic mass is 32.3. The first-order valence-corrected chi connectivity index (χ1v) is 7.23. The lowest BCUT2D eigenvalue weighted by Crippen LogP contribution is -2.34. The van der Waals surface area contributed by atoms with Crippen molar-refractivity contribution >= 4 is 10.6 Å². The second-order valence-corrected chi connectivity index (χ2v) is 6.12. The number of hydrogen-bond donors (Lipinski definition) is 3. The van der Waals surface area contributed by atoms with E-state index in [4.69, 9.17) is 15.4 Å². The van der Waals surface area contributed by atoms with Gasteiger partial charge in [0.1, 0.15) is 0 Å². The molecule has 0 saturated heterocycles. The normalized spacial score (nSPS) is 12.7. The lowest BCUT2D eigenvalue weighted by Gasteiger charge is -2.35. The van der Waals surface area contributed by atoms with E-state index in [-0.39, 0.29) is 5.25 Å². The molecule has 0 aliphatic carbocycles. The first-order valence-electron chi connectivity index (χ1n) is 5.34. The maximum absolute atomic E-state index is 5.98. The van der Waals surface area contributed by atoms with Crippen LogP contribution in [0.25, 0.3) is 0 Å². The molecule has 90 valence electrons. The zero-order valence-electron chi connectivity index (χ0n) is 9.49. The standard InChI is InChI=1S/C13H17N3S/c14-17(15,16)13(11-7-3-1-4-8-11)12-9-5-2-6-10-12/h1-10,13H,14-16H2. The molecule has 0 atom stereocenters. The van der Waals surface area contributed by atoms with Crippen LogP contribution < -0.4 is 15.4 Å². The van der Waals surface area contributed by atoms with Crippen LogP contribution in [-0.4, -0.2) is 0 Å². The molecule has 0 saturated carbocycles. The molecule has 0 unspecified atom stereocenters. The van der Waals surface area contributed by atoms with E-state index in [9.17, 15) is 0 Å². The average Bonchev–Trinajstić information content (AvgIpc) is 2.30. The van der Waals surface area contributed by atoms with Gasteiger partial charge in [0.05, 0.1) is 5.25 Å². The number of nitrogens with two attached hydrogens (primary N) is 3. The van der Waals surface area contributed by atoms with Gasteiger partial charge < -0.3 is 0 Å². The van der Waals surface area contributed by atoms with E-state index < -0.39 is 10.6 Å². The monoisotopic (exact) mass is 247 g/mol. The van der Waals surface area contributed by atoms with Crippen LogP contribution in [0.15, 0.2) is 60.7 Å². The minimum atomic E-state index is -2.17. The highest BCUT2D eigenvalue weighted by Crippen LogP contribution is 2.45. The van der Waals surface area contributed by atoms with E-state index in [0.717, 1.165) is 11.1 Å². The van der Waals surface area contributed by atoms with E-state index in [0.29, 0.717) is 0 Å². The van der Waals surface area contributed by atoms with Crippen LogP contribution in [0.5, 0.6) is 0 Å². The maximum atomic E-state index is 5.98. The van der Waals surface area contributed by atoms with Crippen molar-refractivity contribution in [1.29, 1.82) is 0 Å². The predicted octanol–water partition coefficient (Wildman–Crippen LogP) is 2.20. The van der Waals surface area contributed by atoms with Crippen molar-refractivity contribution in [2.24, 2.45) is 15.4 Å². The lowest BCUT2D eigenvalue weighted by molar-refractivity contribution is 1.12. The topological polar surface area (TPSA) is 78.1 Å². The summed E-state index contributed by atoms with van der Waals surface area (Å²) in [5.41, 5.74) is 2.11. The van der Waals surface area contributed by atoms with Crippen LogP contribution in [0.4, 0.5) is 0 Å². The first kappa shape index (κ1) is 12.1. The van der Waals surface area contributed by atoms with Crippen molar-refractivity contribution < 1.29 is 0 Å². The summed E-state index contributed by atoms with van der Waals surface area (Å²) in [6.07, 6.45) is 0. The molecule has 17 heavy (non-hydrogen) atoms. The molecule has 0 spiro atoms. The Bertz CT molecular complexity index is 426. The summed E-state index contributed by atoms with van der Waals surface area (Å²) in [5.74, 6) is 0. The molecule has 6 N–H and O–H groups in total. The summed E-state index contributed by atoms with van der Waals surface area (Å²) in [6, 6.07) is 19.8. The van der Waals surface area contributed by atoms with Gasteiger partial charge in [-0.3, -0.25) is 15.4 Å². The fourth-order valence-electron chi connectivity index (χ4n) is 1.92. The van der Waals surface area contributed by atoms with Gasteiger partial charge in [-0.25, -0.2) is 0 Å². The largest absolute Gasteiger partial charge is 0.272 e. The van der Waals surface area contributed by atoms with Crippen LogP contribution >= 0.6 is 10.6 Å². The van der Waals surface area contributed by atoms with Crippen molar-refractivity contribution in [3.63, 3.8) is 0 Å². The molecule has 0 bridgehead atoms. The Hall–Kier alpha value is -1.33. The van der Waals surface area contributed by atoms with Gasteiger partial charge in [0, 0.05) is 0 Å². The third-order valence-electron chi connectivity index (χ3n) is 2.61. The van der Waals surface area contributed by atoms with Gasteiger partial charge in [-0.05, 0) is 11.1 Å². The molecule has 2 rings (SSSR count). The van der Waals surface area contributed by atoms with E-state index in [2.05, 4.69) is 0 Å². The molecule has 3 nitrogen and oxygen atoms in total. The fourth-order valence-corrected chi connectivity index (χ4v) is 3.18. The Morgan fingerprint density at radius 3 is 1.29 bits per heavy atom. The van der Waals surface area contributed by atoms with Crippen molar-refractivity contribution in [2.75, 3.05) is 0 Å². The van der Waals surface area contributed by atoms with Crippen LogP contribution in [0, 0.1) is 0 Å². The summed E-state index contributed by atoms with van der Waals surface area (Å²) in [6.45, 7) is 0. The lowest BCUT2D eigenvalue weighted by atomic mass is 10.0. The van der Waals surface area contributed by atoms with Crippen LogP contribution in [0.1, 0.15) is 16.4 Å². The van der Waals surface area contributed by atoms with Crippen molar-refractivity contribution in [3.8, 4) is 0 Å². The van der Waals surface area contributed by atoms with Gasteiger partial charge in [0.2, 0.25) is 0 Å². The minimum absolute atomic E-state index is 0.134. The average molecular weight is 247 g/mol. The van der Waals surface area contributed by atoms with Gasteiger partial charge in [-0.15, -0.1) is 0 Å². The molecule has 4 heteroatoms. The number of rotatable bonds is 3. The van der Waals surface area contributed by atoms with E-state index in [1.807, 2.05) is 60.7 Å². The fraction of sp³-hybridized carbons (Fsp3) is 0.0769. The van der Waals surface area contributed by atoms with E-state index in [1.54, 1.807) is 0 Å². The third kappa shape index (κ3) is 2.87. The molecule has 2 aromatic rings. The molecule has 0 aliphatic heterocycles. The SMILES string of the molecule is NS(N)(N)C(c1ccccc1)c1ccccc1. The van der Waals surface area contributed by atoms with Gasteiger partial charge in [0.15, 0.2) is 0 Å². The van der Waals surface area contributed by atoms with Crippen LogP contribution in [0.3, 0.4) is 0 Å². The van der Waals surface area contributed by atoms with Crippen molar-refractivity contribution in [3.05, 3.63) is 71.8 Å². The van der Waals surface area contributed by atoms with Crippen LogP contribution in [0.2, 0.25) is 0 Å². The number of benzene rings is 2. The highest BCUT2D eigenvalue weighted by Gasteiger charge is 2.25. The van der Waals surface area contributed by atoms with Crippen molar-refractivity contribution in [1.82, 2.24) is 0 Å². The van der Waals surface area contributed by atoms with Gasteiger partial charge in [0.25, 0.3) is 0 Å². The van der Waals surface area contributed by atoms with E-state index in [1.165, 1.54) is 0 Å². The predicted molar refractivity (Wildman–Crippen MR) is 74.9 cm³/mol. The minimum Gasteiger partial charge on any atom is -0.272 e. The smallest absolute Gasteiger partial charge is 0.0748 e. The maximum Gasteiger partial charge on any atom is 0.0748 e. The molecule has 0 fully saturated rings. The van der Waals surface area contributed by atoms with Gasteiger partial charge in [-0.2, -0.15) is 0 Å². The highest BCUT2D eigenvalue weighted by molar-refractivity contribution is 8.28. The third-order valence-corrected chi connectivity index (χ3v) is 3.97.